The van der Waals surface area contributed by atoms with Crippen molar-refractivity contribution in [2.45, 2.75) is 19.4 Å². The van der Waals surface area contributed by atoms with Gasteiger partial charge in [-0.05, 0) is 0 Å². The smallest absolute Gasteiger partial charge is 0.184 e. The van der Waals surface area contributed by atoms with Gasteiger partial charge in [0.1, 0.15) is 7.11 Å². The summed E-state index contributed by atoms with van der Waals surface area (Å²) in [6, 6.07) is 10.3. The fraction of sp³-hybridized carbons (Fsp3) is 0.400. The third-order valence-corrected chi connectivity index (χ3v) is 2.04. The second kappa shape index (κ2) is 3.05. The van der Waals surface area contributed by atoms with Gasteiger partial charge < -0.3 is 4.74 Å². The van der Waals surface area contributed by atoms with Crippen LogP contribution in [0.3, 0.4) is 0 Å². The van der Waals surface area contributed by atoms with Gasteiger partial charge in [-0.2, -0.15) is 0 Å². The Balaban J connectivity index is 2.93. The van der Waals surface area contributed by atoms with E-state index in [0.29, 0.717) is 0 Å². The van der Waals surface area contributed by atoms with Gasteiger partial charge in [-0.25, -0.2) is 0 Å². The first-order valence-corrected chi connectivity index (χ1v) is 3.83. The van der Waals surface area contributed by atoms with E-state index in [1.165, 1.54) is 5.56 Å². The Bertz CT molecular complexity index is 214. The molecule has 1 aromatic rings. The van der Waals surface area contributed by atoms with Crippen LogP contribution in [-0.4, -0.2) is 11.8 Å². The molecule has 0 aliphatic heterocycles. The van der Waals surface area contributed by atoms with Crippen molar-refractivity contribution < 1.29 is 4.74 Å². The number of hydrogen-bond acceptors (Lipinski definition) is 0. The lowest BCUT2D eigenvalue weighted by Gasteiger charge is -2.18. The van der Waals surface area contributed by atoms with Gasteiger partial charge in [-0.3, -0.25) is 0 Å². The van der Waals surface area contributed by atoms with Gasteiger partial charge in [-0.15, -0.1) is 0 Å². The summed E-state index contributed by atoms with van der Waals surface area (Å²) in [4.78, 5) is 0. The van der Waals surface area contributed by atoms with Gasteiger partial charge in [0.25, 0.3) is 0 Å². The fourth-order valence-electron chi connectivity index (χ4n) is 0.975. The molecule has 0 saturated heterocycles. The maximum Gasteiger partial charge on any atom is 0.184 e. The van der Waals surface area contributed by atoms with E-state index in [1.807, 2.05) is 25.3 Å². The van der Waals surface area contributed by atoms with E-state index in [9.17, 15) is 0 Å². The number of hydrogen-bond donors (Lipinski definition) is 0. The molecule has 1 N–H and O–H groups in total. The Kier molecular flexibility index (Phi) is 2.30. The molecule has 0 aromatic heterocycles. The molecule has 0 spiro atoms. The highest BCUT2D eigenvalue weighted by Gasteiger charge is 2.23. The van der Waals surface area contributed by atoms with Gasteiger partial charge in [0.2, 0.25) is 0 Å². The second-order valence-corrected chi connectivity index (χ2v) is 3.15. The van der Waals surface area contributed by atoms with Crippen LogP contribution in [0.25, 0.3) is 0 Å². The van der Waals surface area contributed by atoms with E-state index in [1.54, 1.807) is 0 Å². The lowest BCUT2D eigenvalue weighted by atomic mass is 9.98. The number of ether oxygens (including phenoxy) is 1. The summed E-state index contributed by atoms with van der Waals surface area (Å²) in [7, 11) is 1.85. The third-order valence-electron chi connectivity index (χ3n) is 2.04. The normalized spacial score (nSPS) is 11.5. The van der Waals surface area contributed by atoms with E-state index in [-0.39, 0.29) is 5.60 Å². The molecule has 1 rings (SSSR count). The summed E-state index contributed by atoms with van der Waals surface area (Å²) in [5, 5.41) is 0. The molecule has 0 fully saturated rings. The Hall–Kier alpha value is -0.820. The van der Waals surface area contributed by atoms with E-state index < -0.39 is 0 Å². The molecule has 0 aliphatic carbocycles. The molecule has 0 bridgehead atoms. The number of rotatable bonds is 2. The standard InChI is InChI=1S/C10H14O/c1-10(2,11-3)9-7-5-4-6-8-9/h4-8H,1-3H3/p+1. The first kappa shape index (κ1) is 8.28. The molecule has 0 unspecified atom stereocenters. The zero-order valence-electron chi connectivity index (χ0n) is 7.33. The first-order valence-electron chi connectivity index (χ1n) is 3.83. The van der Waals surface area contributed by atoms with Crippen LogP contribution in [-0.2, 0) is 5.60 Å². The molecular formula is C10H15O+. The highest BCUT2D eigenvalue weighted by Crippen LogP contribution is 2.20. The van der Waals surface area contributed by atoms with Gasteiger partial charge >= 0.3 is 0 Å². The Labute approximate surface area is 68.0 Å². The highest BCUT2D eigenvalue weighted by molar-refractivity contribution is 5.20. The van der Waals surface area contributed by atoms with Gasteiger partial charge in [0.05, 0.1) is 0 Å². The molecule has 11 heavy (non-hydrogen) atoms. The minimum Gasteiger partial charge on any atom is -0.428 e. The maximum absolute atomic E-state index is 4.29. The Morgan fingerprint density at radius 3 is 2.09 bits per heavy atom. The van der Waals surface area contributed by atoms with E-state index in [2.05, 4.69) is 30.7 Å². The largest absolute Gasteiger partial charge is 0.428 e. The zero-order valence-corrected chi connectivity index (χ0v) is 7.33. The monoisotopic (exact) mass is 151 g/mol. The van der Waals surface area contributed by atoms with Crippen LogP contribution in [0.15, 0.2) is 30.3 Å². The van der Waals surface area contributed by atoms with E-state index in [4.69, 9.17) is 0 Å². The molecule has 0 saturated carbocycles. The van der Waals surface area contributed by atoms with Crippen molar-refractivity contribution in [1.82, 2.24) is 0 Å². The van der Waals surface area contributed by atoms with Crippen LogP contribution in [0.1, 0.15) is 19.4 Å². The zero-order chi connectivity index (χ0) is 8.32. The summed E-state index contributed by atoms with van der Waals surface area (Å²) in [6.45, 7) is 4.23. The van der Waals surface area contributed by atoms with Crippen molar-refractivity contribution >= 4 is 0 Å². The summed E-state index contributed by atoms with van der Waals surface area (Å²) in [6.07, 6.45) is 0. The molecule has 0 radical (unpaired) electrons. The Morgan fingerprint density at radius 1 is 1.09 bits per heavy atom. The molecule has 0 aliphatic rings. The van der Waals surface area contributed by atoms with Crippen molar-refractivity contribution in [3.8, 4) is 0 Å². The van der Waals surface area contributed by atoms with E-state index >= 15 is 0 Å². The minimum atomic E-state index is -0.0404. The van der Waals surface area contributed by atoms with Crippen LogP contribution in [0.4, 0.5) is 0 Å². The van der Waals surface area contributed by atoms with Crippen molar-refractivity contribution in [2.24, 2.45) is 0 Å². The molecule has 60 valence electrons. The second-order valence-electron chi connectivity index (χ2n) is 3.15. The summed E-state index contributed by atoms with van der Waals surface area (Å²) in [5.74, 6) is 0. The van der Waals surface area contributed by atoms with Crippen LogP contribution < -0.4 is 0 Å². The first-order chi connectivity index (χ1) is 5.17. The lowest BCUT2D eigenvalue weighted by Crippen LogP contribution is -2.22. The predicted molar refractivity (Wildman–Crippen MR) is 47.6 cm³/mol. The molecule has 0 heterocycles. The van der Waals surface area contributed by atoms with Gasteiger partial charge in [0.15, 0.2) is 5.60 Å². The molecule has 0 amide bonds. The maximum atomic E-state index is 4.29. The molecule has 0 atom stereocenters. The van der Waals surface area contributed by atoms with Crippen LogP contribution >= 0.6 is 0 Å². The highest BCUT2D eigenvalue weighted by atomic mass is 16.5. The minimum absolute atomic E-state index is 0.0404. The molecule has 1 aromatic carbocycles. The molecule has 1 nitrogen and oxygen atoms in total. The fourth-order valence-corrected chi connectivity index (χ4v) is 0.975. The summed E-state index contributed by atoms with van der Waals surface area (Å²) >= 11 is 0. The average Bonchev–Trinajstić information content (AvgIpc) is 2.06. The van der Waals surface area contributed by atoms with Gasteiger partial charge in [0, 0.05) is 19.4 Å². The summed E-state index contributed by atoms with van der Waals surface area (Å²) in [5.41, 5.74) is 1.23. The predicted octanol–water partition coefficient (Wildman–Crippen LogP) is 2.08. The van der Waals surface area contributed by atoms with Crippen molar-refractivity contribution in [3.05, 3.63) is 35.9 Å². The van der Waals surface area contributed by atoms with Crippen molar-refractivity contribution in [1.29, 1.82) is 0 Å². The SMILES string of the molecule is C[OH+]C(C)(C)c1ccccc1. The van der Waals surface area contributed by atoms with Crippen molar-refractivity contribution in [3.63, 3.8) is 0 Å². The lowest BCUT2D eigenvalue weighted by molar-refractivity contribution is -0.132. The van der Waals surface area contributed by atoms with Crippen LogP contribution in [0, 0.1) is 0 Å². The van der Waals surface area contributed by atoms with Crippen LogP contribution in [0.2, 0.25) is 0 Å². The number of aliphatic hydroxyl groups is 2. The van der Waals surface area contributed by atoms with Gasteiger partial charge in [-0.1, -0.05) is 30.3 Å². The average molecular weight is 151 g/mol. The third kappa shape index (κ3) is 1.81. The van der Waals surface area contributed by atoms with Crippen LogP contribution in [0.5, 0.6) is 0 Å². The molecular weight excluding hydrogens is 136 g/mol. The summed E-state index contributed by atoms with van der Waals surface area (Å²) < 4.78 is 4.29. The number of benzene rings is 1. The topological polar surface area (TPSA) is 12.8 Å². The van der Waals surface area contributed by atoms with Crippen molar-refractivity contribution in [2.75, 3.05) is 7.11 Å². The molecule has 1 heteroatoms. The van der Waals surface area contributed by atoms with E-state index in [0.717, 1.165) is 0 Å². The Morgan fingerprint density at radius 2 is 1.64 bits per heavy atom. The quantitative estimate of drug-likeness (QED) is 0.574.